The minimum absolute atomic E-state index is 0.0412. The van der Waals surface area contributed by atoms with Gasteiger partial charge in [0.2, 0.25) is 5.91 Å². The summed E-state index contributed by atoms with van der Waals surface area (Å²) >= 11 is 0. The highest BCUT2D eigenvalue weighted by atomic mass is 16.6. The molecule has 7 nitrogen and oxygen atoms in total. The molecule has 1 unspecified atom stereocenters. The Morgan fingerprint density at radius 1 is 1.21 bits per heavy atom. The van der Waals surface area contributed by atoms with Crippen molar-refractivity contribution in [1.29, 1.82) is 0 Å². The predicted octanol–water partition coefficient (Wildman–Crippen LogP) is 3.95. The van der Waals surface area contributed by atoms with Crippen molar-refractivity contribution in [2.75, 3.05) is 6.61 Å². The largest absolute Gasteiger partial charge is 0.463 e. The Morgan fingerprint density at radius 2 is 1.93 bits per heavy atom. The van der Waals surface area contributed by atoms with Crippen LogP contribution in [0, 0.1) is 10.1 Å². The molecule has 0 saturated heterocycles. The Hall–Kier alpha value is -3.48. The fourth-order valence-corrected chi connectivity index (χ4v) is 3.58. The third-order valence-electron chi connectivity index (χ3n) is 4.99. The number of esters is 1. The van der Waals surface area contributed by atoms with Crippen LogP contribution in [-0.2, 0) is 20.9 Å². The van der Waals surface area contributed by atoms with Crippen molar-refractivity contribution in [3.05, 3.63) is 87.1 Å². The van der Waals surface area contributed by atoms with Gasteiger partial charge in [-0.15, -0.1) is 0 Å². The Labute approximate surface area is 168 Å². The molecule has 0 aromatic heterocycles. The van der Waals surface area contributed by atoms with Crippen LogP contribution in [0.4, 0.5) is 5.69 Å². The Bertz CT molecular complexity index is 968. The molecule has 1 aliphatic rings. The summed E-state index contributed by atoms with van der Waals surface area (Å²) in [6.07, 6.45) is 0.0412. The van der Waals surface area contributed by atoms with Crippen LogP contribution in [0.2, 0.25) is 0 Å². The molecule has 0 aliphatic carbocycles. The second kappa shape index (κ2) is 8.68. The monoisotopic (exact) mass is 394 g/mol. The number of nitro benzene ring substituents is 1. The maximum Gasteiger partial charge on any atom is 0.336 e. The van der Waals surface area contributed by atoms with E-state index in [1.165, 1.54) is 12.1 Å². The van der Waals surface area contributed by atoms with E-state index in [0.29, 0.717) is 23.4 Å². The summed E-state index contributed by atoms with van der Waals surface area (Å²) < 4.78 is 5.25. The fraction of sp³-hybridized carbons (Fsp3) is 0.273. The fourth-order valence-electron chi connectivity index (χ4n) is 3.58. The van der Waals surface area contributed by atoms with E-state index < -0.39 is 16.8 Å². The number of hydrogen-bond donors (Lipinski definition) is 0. The van der Waals surface area contributed by atoms with Crippen LogP contribution in [-0.4, -0.2) is 28.3 Å². The maximum absolute atomic E-state index is 12.9. The molecule has 2 aromatic carbocycles. The van der Waals surface area contributed by atoms with Crippen molar-refractivity contribution in [3.63, 3.8) is 0 Å². The number of allylic oxidation sites excluding steroid dienone is 1. The zero-order valence-electron chi connectivity index (χ0n) is 16.3. The third kappa shape index (κ3) is 4.34. The summed E-state index contributed by atoms with van der Waals surface area (Å²) in [4.78, 5) is 38.0. The number of ether oxygens (including phenoxy) is 1. The van der Waals surface area contributed by atoms with Crippen molar-refractivity contribution in [1.82, 2.24) is 4.90 Å². The molecule has 0 saturated carbocycles. The van der Waals surface area contributed by atoms with Gasteiger partial charge in [0.1, 0.15) is 0 Å². The predicted molar refractivity (Wildman–Crippen MR) is 107 cm³/mol. The second-order valence-corrected chi connectivity index (χ2v) is 6.79. The SMILES string of the molecule is CCOC(=O)C1=C(C)N(Cc2ccccc2)C(=O)CC1c1cccc([N+](=O)[O-])c1. The zero-order valence-corrected chi connectivity index (χ0v) is 16.3. The van der Waals surface area contributed by atoms with Gasteiger partial charge >= 0.3 is 5.97 Å². The van der Waals surface area contributed by atoms with Gasteiger partial charge in [0.25, 0.3) is 5.69 Å². The topological polar surface area (TPSA) is 89.8 Å². The molecule has 150 valence electrons. The van der Waals surface area contributed by atoms with Gasteiger partial charge in [-0.05, 0) is 25.0 Å². The summed E-state index contributed by atoms with van der Waals surface area (Å²) in [5, 5.41) is 11.2. The highest BCUT2D eigenvalue weighted by molar-refractivity contribution is 5.95. The number of non-ortho nitro benzene ring substituents is 1. The quantitative estimate of drug-likeness (QED) is 0.420. The van der Waals surface area contributed by atoms with E-state index in [0.717, 1.165) is 5.56 Å². The van der Waals surface area contributed by atoms with Gasteiger partial charge in [-0.1, -0.05) is 42.5 Å². The number of nitrogens with zero attached hydrogens (tertiary/aromatic N) is 2. The normalized spacial score (nSPS) is 16.7. The smallest absolute Gasteiger partial charge is 0.336 e. The van der Waals surface area contributed by atoms with E-state index >= 15 is 0 Å². The van der Waals surface area contributed by atoms with E-state index in [9.17, 15) is 19.7 Å². The third-order valence-corrected chi connectivity index (χ3v) is 4.99. The first-order chi connectivity index (χ1) is 13.9. The standard InChI is InChI=1S/C22H22N2O5/c1-3-29-22(26)21-15(2)23(14-16-8-5-4-6-9-16)20(25)13-19(21)17-10-7-11-18(12-17)24(27)28/h4-12,19H,3,13-14H2,1-2H3. The van der Waals surface area contributed by atoms with Crippen molar-refractivity contribution < 1.29 is 19.2 Å². The summed E-state index contributed by atoms with van der Waals surface area (Å²) in [7, 11) is 0. The number of nitro groups is 1. The lowest BCUT2D eigenvalue weighted by molar-refractivity contribution is -0.384. The van der Waals surface area contributed by atoms with Crippen LogP contribution in [0.15, 0.2) is 65.9 Å². The van der Waals surface area contributed by atoms with Gasteiger partial charge in [-0.25, -0.2) is 4.79 Å². The van der Waals surface area contributed by atoms with Gasteiger partial charge in [0.05, 0.1) is 23.6 Å². The molecule has 29 heavy (non-hydrogen) atoms. The van der Waals surface area contributed by atoms with E-state index in [1.54, 1.807) is 30.9 Å². The molecular formula is C22H22N2O5. The molecule has 3 rings (SSSR count). The molecule has 0 spiro atoms. The molecule has 7 heteroatoms. The molecule has 2 aromatic rings. The van der Waals surface area contributed by atoms with Gasteiger partial charge in [0.15, 0.2) is 0 Å². The molecule has 1 aliphatic heterocycles. The molecule has 1 heterocycles. The lowest BCUT2D eigenvalue weighted by Crippen LogP contribution is -2.38. The van der Waals surface area contributed by atoms with Gasteiger partial charge in [-0.2, -0.15) is 0 Å². The first-order valence-electron chi connectivity index (χ1n) is 9.39. The Balaban J connectivity index is 2.05. The van der Waals surface area contributed by atoms with Crippen LogP contribution in [0.25, 0.3) is 0 Å². The van der Waals surface area contributed by atoms with E-state index in [2.05, 4.69) is 0 Å². The molecular weight excluding hydrogens is 372 g/mol. The summed E-state index contributed by atoms with van der Waals surface area (Å²) in [5.41, 5.74) is 2.29. The molecule has 1 atom stereocenters. The van der Waals surface area contributed by atoms with Crippen LogP contribution >= 0.6 is 0 Å². The molecule has 0 radical (unpaired) electrons. The van der Waals surface area contributed by atoms with E-state index in [4.69, 9.17) is 4.74 Å². The number of carbonyl (C=O) groups excluding carboxylic acids is 2. The van der Waals surface area contributed by atoms with Gasteiger partial charge in [0, 0.05) is 30.2 Å². The number of benzene rings is 2. The average Bonchev–Trinajstić information content (AvgIpc) is 2.71. The first kappa shape index (κ1) is 20.3. The Morgan fingerprint density at radius 3 is 2.59 bits per heavy atom. The lowest BCUT2D eigenvalue weighted by Gasteiger charge is -2.34. The van der Waals surface area contributed by atoms with Crippen LogP contribution in [0.3, 0.4) is 0 Å². The summed E-state index contributed by atoms with van der Waals surface area (Å²) in [6, 6.07) is 15.6. The number of carbonyl (C=O) groups is 2. The number of hydrogen-bond acceptors (Lipinski definition) is 5. The van der Waals surface area contributed by atoms with Crippen LogP contribution < -0.4 is 0 Å². The zero-order chi connectivity index (χ0) is 21.0. The number of amides is 1. The van der Waals surface area contributed by atoms with Gasteiger partial charge < -0.3 is 9.64 Å². The Kier molecular flexibility index (Phi) is 6.07. The van der Waals surface area contributed by atoms with Crippen molar-refractivity contribution >= 4 is 17.6 Å². The van der Waals surface area contributed by atoms with Crippen LogP contribution in [0.5, 0.6) is 0 Å². The minimum Gasteiger partial charge on any atom is -0.463 e. The summed E-state index contributed by atoms with van der Waals surface area (Å²) in [6.45, 7) is 3.97. The first-order valence-corrected chi connectivity index (χ1v) is 9.39. The van der Waals surface area contributed by atoms with Crippen molar-refractivity contribution in [3.8, 4) is 0 Å². The highest BCUT2D eigenvalue weighted by Crippen LogP contribution is 2.38. The van der Waals surface area contributed by atoms with Crippen molar-refractivity contribution in [2.24, 2.45) is 0 Å². The second-order valence-electron chi connectivity index (χ2n) is 6.79. The molecule has 0 bridgehead atoms. The van der Waals surface area contributed by atoms with Gasteiger partial charge in [-0.3, -0.25) is 14.9 Å². The molecule has 1 amide bonds. The highest BCUT2D eigenvalue weighted by Gasteiger charge is 2.37. The van der Waals surface area contributed by atoms with Crippen LogP contribution in [0.1, 0.15) is 37.3 Å². The minimum atomic E-state index is -0.589. The van der Waals surface area contributed by atoms with Crippen molar-refractivity contribution in [2.45, 2.75) is 32.7 Å². The lowest BCUT2D eigenvalue weighted by atomic mass is 9.83. The summed E-state index contributed by atoms with van der Waals surface area (Å²) in [5.74, 6) is -1.24. The maximum atomic E-state index is 12.9. The molecule has 0 fully saturated rings. The van der Waals surface area contributed by atoms with E-state index in [-0.39, 0.29) is 24.6 Å². The van der Waals surface area contributed by atoms with E-state index in [1.807, 2.05) is 30.3 Å². The number of rotatable bonds is 6. The molecule has 0 N–H and O–H groups in total. The average molecular weight is 394 g/mol.